The minimum atomic E-state index is -0.860. The summed E-state index contributed by atoms with van der Waals surface area (Å²) in [6.45, 7) is 6.90. The second kappa shape index (κ2) is 10.1. The lowest BCUT2D eigenvalue weighted by Crippen LogP contribution is -2.31. The Morgan fingerprint density at radius 3 is 2.20 bits per heavy atom. The summed E-state index contributed by atoms with van der Waals surface area (Å²) in [5.74, 6) is -0.170. The summed E-state index contributed by atoms with van der Waals surface area (Å²) in [4.78, 5) is 11.6. The van der Waals surface area contributed by atoms with Crippen molar-refractivity contribution in [1.29, 1.82) is 0 Å². The van der Waals surface area contributed by atoms with E-state index in [4.69, 9.17) is 0 Å². The number of benzene rings is 2. The largest absolute Gasteiger partial charge is 0.481 e. The first-order chi connectivity index (χ1) is 14.5. The van der Waals surface area contributed by atoms with E-state index in [9.17, 15) is 9.90 Å². The summed E-state index contributed by atoms with van der Waals surface area (Å²) in [5.41, 5.74) is 4.21. The van der Waals surface area contributed by atoms with E-state index in [1.54, 1.807) is 0 Å². The fourth-order valence-electron chi connectivity index (χ4n) is 3.41. The van der Waals surface area contributed by atoms with E-state index in [0.29, 0.717) is 5.82 Å². The molecule has 3 rings (SSSR count). The smallest absolute Gasteiger partial charge is 0.305 e. The normalized spacial score (nSPS) is 13.2. The number of carbonyl (C=O) groups is 1. The van der Waals surface area contributed by atoms with Crippen LogP contribution in [0.5, 0.6) is 0 Å². The molecule has 7 heteroatoms. The summed E-state index contributed by atoms with van der Waals surface area (Å²) in [6.07, 6.45) is 1.96. The number of unbranched alkanes of at least 4 members (excludes halogenated alkanes) is 1. The van der Waals surface area contributed by atoms with Crippen LogP contribution in [0.25, 0.3) is 0 Å². The number of aliphatic carboxylic acids is 1. The van der Waals surface area contributed by atoms with Crippen molar-refractivity contribution in [2.45, 2.75) is 58.7 Å². The molecule has 2 aromatic carbocycles. The van der Waals surface area contributed by atoms with Gasteiger partial charge in [-0.25, -0.2) is 4.68 Å². The molecule has 1 heterocycles. The first-order valence-electron chi connectivity index (χ1n) is 10.3. The van der Waals surface area contributed by atoms with Gasteiger partial charge >= 0.3 is 5.97 Å². The van der Waals surface area contributed by atoms with Gasteiger partial charge in [-0.15, -0.1) is 5.10 Å². The summed E-state index contributed by atoms with van der Waals surface area (Å²) in [7, 11) is 0. The Morgan fingerprint density at radius 1 is 1.03 bits per heavy atom. The number of aromatic nitrogens is 4. The standard InChI is InChI=1S/C23H29N5O2/c1-4-5-14-28-23(25-26-27-28)22(19-12-8-17(3)9-13-19)24-20(15-21(29)30)18-10-6-16(2)7-11-18/h6-13,20,22,24H,4-5,14-15H2,1-3H3,(H,29,30). The van der Waals surface area contributed by atoms with Crippen molar-refractivity contribution >= 4 is 5.97 Å². The Morgan fingerprint density at radius 2 is 1.63 bits per heavy atom. The molecule has 30 heavy (non-hydrogen) atoms. The van der Waals surface area contributed by atoms with Crippen molar-refractivity contribution in [3.63, 3.8) is 0 Å². The minimum Gasteiger partial charge on any atom is -0.481 e. The van der Waals surface area contributed by atoms with Crippen molar-refractivity contribution in [3.8, 4) is 0 Å². The highest BCUT2D eigenvalue weighted by molar-refractivity contribution is 5.68. The molecule has 0 aliphatic heterocycles. The number of nitrogens with one attached hydrogen (secondary N) is 1. The van der Waals surface area contributed by atoms with Crippen molar-refractivity contribution < 1.29 is 9.90 Å². The fourth-order valence-corrected chi connectivity index (χ4v) is 3.41. The molecule has 0 fully saturated rings. The van der Waals surface area contributed by atoms with E-state index < -0.39 is 5.97 Å². The van der Waals surface area contributed by atoms with Crippen LogP contribution in [-0.4, -0.2) is 31.3 Å². The number of carboxylic acid groups (broad SMARTS) is 1. The average molecular weight is 408 g/mol. The molecule has 0 saturated heterocycles. The van der Waals surface area contributed by atoms with Gasteiger partial charge in [0.25, 0.3) is 0 Å². The molecule has 0 radical (unpaired) electrons. The SMILES string of the molecule is CCCCn1nnnc1C(NC(CC(=O)O)c1ccc(C)cc1)c1ccc(C)cc1. The quantitative estimate of drug-likeness (QED) is 0.528. The van der Waals surface area contributed by atoms with Crippen LogP contribution in [0.3, 0.4) is 0 Å². The first kappa shape index (κ1) is 21.6. The maximum absolute atomic E-state index is 11.6. The second-order valence-corrected chi connectivity index (χ2v) is 7.69. The molecular weight excluding hydrogens is 378 g/mol. The van der Waals surface area contributed by atoms with E-state index in [1.165, 1.54) is 0 Å². The van der Waals surface area contributed by atoms with Gasteiger partial charge in [-0.2, -0.15) is 0 Å². The molecule has 7 nitrogen and oxygen atoms in total. The highest BCUT2D eigenvalue weighted by Crippen LogP contribution is 2.27. The van der Waals surface area contributed by atoms with Crippen LogP contribution >= 0.6 is 0 Å². The van der Waals surface area contributed by atoms with Gasteiger partial charge < -0.3 is 5.11 Å². The third-order valence-electron chi connectivity index (χ3n) is 5.18. The molecule has 1 aromatic heterocycles. The van der Waals surface area contributed by atoms with Crippen molar-refractivity contribution in [2.24, 2.45) is 0 Å². The fraction of sp³-hybridized carbons (Fsp3) is 0.391. The molecule has 3 aromatic rings. The Labute approximate surface area is 177 Å². The van der Waals surface area contributed by atoms with Crippen molar-refractivity contribution in [2.75, 3.05) is 0 Å². The zero-order valence-corrected chi connectivity index (χ0v) is 17.7. The molecule has 2 atom stereocenters. The van der Waals surface area contributed by atoms with Crippen LogP contribution in [0.2, 0.25) is 0 Å². The van der Waals surface area contributed by atoms with Gasteiger partial charge in [-0.05, 0) is 41.8 Å². The lowest BCUT2D eigenvalue weighted by Gasteiger charge is -2.25. The van der Waals surface area contributed by atoms with E-state index in [1.807, 2.05) is 67.1 Å². The van der Waals surface area contributed by atoms with Gasteiger partial charge in [0.1, 0.15) is 0 Å². The summed E-state index contributed by atoms with van der Waals surface area (Å²) in [5, 5.41) is 25.4. The van der Waals surface area contributed by atoms with Gasteiger partial charge in [0.2, 0.25) is 0 Å². The van der Waals surface area contributed by atoms with E-state index in [0.717, 1.165) is 41.6 Å². The molecule has 0 saturated carbocycles. The second-order valence-electron chi connectivity index (χ2n) is 7.69. The van der Waals surface area contributed by atoms with Crippen molar-refractivity contribution in [3.05, 3.63) is 76.6 Å². The molecule has 0 spiro atoms. The van der Waals surface area contributed by atoms with Gasteiger partial charge in [0, 0.05) is 12.6 Å². The number of hydrogen-bond donors (Lipinski definition) is 2. The summed E-state index contributed by atoms with van der Waals surface area (Å²) < 4.78 is 1.81. The van der Waals surface area contributed by atoms with Crippen LogP contribution in [0.1, 0.15) is 66.3 Å². The van der Waals surface area contributed by atoms with Gasteiger partial charge in [0.15, 0.2) is 5.82 Å². The molecule has 0 aliphatic carbocycles. The number of aryl methyl sites for hydroxylation is 3. The van der Waals surface area contributed by atoms with E-state index in [-0.39, 0.29) is 18.5 Å². The third-order valence-corrected chi connectivity index (χ3v) is 5.18. The zero-order chi connectivity index (χ0) is 21.5. The third kappa shape index (κ3) is 5.51. The average Bonchev–Trinajstić information content (AvgIpc) is 3.19. The molecule has 0 amide bonds. The van der Waals surface area contributed by atoms with Gasteiger partial charge in [-0.3, -0.25) is 10.1 Å². The Kier molecular flexibility index (Phi) is 7.30. The highest BCUT2D eigenvalue weighted by atomic mass is 16.4. The highest BCUT2D eigenvalue weighted by Gasteiger charge is 2.26. The summed E-state index contributed by atoms with van der Waals surface area (Å²) in [6, 6.07) is 15.4. The maximum Gasteiger partial charge on any atom is 0.305 e. The lowest BCUT2D eigenvalue weighted by atomic mass is 9.98. The zero-order valence-electron chi connectivity index (χ0n) is 17.7. The van der Waals surface area contributed by atoms with Crippen LogP contribution in [-0.2, 0) is 11.3 Å². The predicted molar refractivity (Wildman–Crippen MR) is 115 cm³/mol. The number of carboxylic acids is 1. The lowest BCUT2D eigenvalue weighted by molar-refractivity contribution is -0.137. The van der Waals surface area contributed by atoms with Gasteiger partial charge in [0.05, 0.1) is 12.5 Å². The van der Waals surface area contributed by atoms with Crippen LogP contribution in [0.4, 0.5) is 0 Å². The Balaban J connectivity index is 1.99. The molecule has 0 bridgehead atoms. The molecule has 2 unspecified atom stereocenters. The monoisotopic (exact) mass is 407 g/mol. The predicted octanol–water partition coefficient (Wildman–Crippen LogP) is 3.99. The topological polar surface area (TPSA) is 92.9 Å². The number of rotatable bonds is 10. The van der Waals surface area contributed by atoms with Crippen molar-refractivity contribution in [1.82, 2.24) is 25.5 Å². The maximum atomic E-state index is 11.6. The minimum absolute atomic E-state index is 0.0397. The van der Waals surface area contributed by atoms with Crippen LogP contribution in [0.15, 0.2) is 48.5 Å². The van der Waals surface area contributed by atoms with E-state index in [2.05, 4.69) is 27.8 Å². The molecule has 158 valence electrons. The van der Waals surface area contributed by atoms with Crippen LogP contribution in [0, 0.1) is 13.8 Å². The van der Waals surface area contributed by atoms with Gasteiger partial charge in [-0.1, -0.05) is 73.0 Å². The first-order valence-corrected chi connectivity index (χ1v) is 10.3. The number of tetrazole rings is 1. The number of hydrogen-bond acceptors (Lipinski definition) is 5. The Bertz CT molecular complexity index is 950. The van der Waals surface area contributed by atoms with E-state index >= 15 is 0 Å². The molecule has 0 aliphatic rings. The number of nitrogens with zero attached hydrogens (tertiary/aromatic N) is 4. The Hall–Kier alpha value is -3.06. The van der Waals surface area contributed by atoms with Crippen LogP contribution < -0.4 is 5.32 Å². The molecule has 2 N–H and O–H groups in total. The molecular formula is C23H29N5O2. The summed E-state index contributed by atoms with van der Waals surface area (Å²) >= 11 is 0.